The molecule has 0 unspecified atom stereocenters. The van der Waals surface area contributed by atoms with Crippen LogP contribution in [0.4, 0.5) is 5.69 Å². The highest BCUT2D eigenvalue weighted by Crippen LogP contribution is 2.32. The Balaban J connectivity index is 1.69. The maximum atomic E-state index is 6.05. The van der Waals surface area contributed by atoms with E-state index in [-0.39, 0.29) is 0 Å². The lowest BCUT2D eigenvalue weighted by Gasteiger charge is -2.16. The van der Waals surface area contributed by atoms with Crippen molar-refractivity contribution in [3.05, 3.63) is 88.9 Å². The minimum atomic E-state index is 0.417. The second-order valence-electron chi connectivity index (χ2n) is 5.71. The maximum Gasteiger partial charge on any atom is 0.166 e. The number of nitrogens with one attached hydrogen (secondary N) is 2. The van der Waals surface area contributed by atoms with Gasteiger partial charge in [-0.05, 0) is 35.9 Å². The van der Waals surface area contributed by atoms with E-state index in [1.54, 1.807) is 7.11 Å². The van der Waals surface area contributed by atoms with Gasteiger partial charge in [0.15, 0.2) is 11.5 Å². The van der Waals surface area contributed by atoms with Crippen molar-refractivity contribution in [1.82, 2.24) is 5.43 Å². The molecule has 0 atom stereocenters. The van der Waals surface area contributed by atoms with Gasteiger partial charge in [0, 0.05) is 22.8 Å². The van der Waals surface area contributed by atoms with Crippen LogP contribution in [0.1, 0.15) is 11.1 Å². The molecule has 0 aliphatic carbocycles. The van der Waals surface area contributed by atoms with Crippen molar-refractivity contribution in [2.75, 3.05) is 12.5 Å². The van der Waals surface area contributed by atoms with Crippen LogP contribution >= 0.6 is 11.6 Å². The summed E-state index contributed by atoms with van der Waals surface area (Å²) in [7, 11) is 1.64. The van der Waals surface area contributed by atoms with Crippen LogP contribution < -0.4 is 20.3 Å². The van der Waals surface area contributed by atoms with Gasteiger partial charge in [0.1, 0.15) is 6.61 Å². The number of benzene rings is 3. The highest BCUT2D eigenvalue weighted by Gasteiger charge is 2.11. The molecule has 0 radical (unpaired) electrons. The van der Waals surface area contributed by atoms with Crippen molar-refractivity contribution in [2.24, 2.45) is 0 Å². The minimum absolute atomic E-state index is 0.417. The lowest BCUT2D eigenvalue weighted by atomic mass is 10.2. The largest absolute Gasteiger partial charge is 0.493 e. The number of hydrogen-bond donors (Lipinski definition) is 2. The predicted octanol–water partition coefficient (Wildman–Crippen LogP) is 5.04. The first-order valence-corrected chi connectivity index (χ1v) is 8.71. The van der Waals surface area contributed by atoms with Gasteiger partial charge in [-0.2, -0.15) is 0 Å². The average molecular weight is 369 g/mol. The van der Waals surface area contributed by atoms with Crippen molar-refractivity contribution >= 4 is 17.3 Å². The van der Waals surface area contributed by atoms with Crippen molar-refractivity contribution in [3.63, 3.8) is 0 Å². The molecule has 2 N–H and O–H groups in total. The fourth-order valence-electron chi connectivity index (χ4n) is 2.57. The number of para-hydroxylation sites is 2. The molecule has 0 aromatic heterocycles. The Labute approximate surface area is 158 Å². The van der Waals surface area contributed by atoms with Gasteiger partial charge in [0.2, 0.25) is 0 Å². The lowest BCUT2D eigenvalue weighted by molar-refractivity contribution is 0.281. The zero-order valence-electron chi connectivity index (χ0n) is 14.5. The Morgan fingerprint density at radius 2 is 1.73 bits per heavy atom. The molecule has 0 aliphatic rings. The maximum absolute atomic E-state index is 6.05. The zero-order valence-corrected chi connectivity index (χ0v) is 15.3. The monoisotopic (exact) mass is 368 g/mol. The molecule has 134 valence electrons. The summed E-state index contributed by atoms with van der Waals surface area (Å²) in [5.74, 6) is 1.42. The summed E-state index contributed by atoms with van der Waals surface area (Å²) in [6.07, 6.45) is 0. The Bertz CT molecular complexity index is 840. The molecule has 0 amide bonds. The number of rotatable bonds is 8. The Morgan fingerprint density at radius 3 is 2.50 bits per heavy atom. The van der Waals surface area contributed by atoms with E-state index in [0.29, 0.717) is 23.9 Å². The van der Waals surface area contributed by atoms with Crippen LogP contribution in [-0.2, 0) is 13.2 Å². The molecule has 3 rings (SSSR count). The molecule has 5 heteroatoms. The quantitative estimate of drug-likeness (QED) is 0.546. The van der Waals surface area contributed by atoms with Crippen LogP contribution in [0, 0.1) is 0 Å². The van der Waals surface area contributed by atoms with Gasteiger partial charge in [-0.1, -0.05) is 54.1 Å². The third-order valence-electron chi connectivity index (χ3n) is 3.84. The van der Waals surface area contributed by atoms with E-state index in [4.69, 9.17) is 21.1 Å². The van der Waals surface area contributed by atoms with Gasteiger partial charge in [0.05, 0.1) is 7.11 Å². The van der Waals surface area contributed by atoms with E-state index in [1.807, 2.05) is 72.8 Å². The van der Waals surface area contributed by atoms with E-state index >= 15 is 0 Å². The third kappa shape index (κ3) is 4.91. The zero-order chi connectivity index (χ0) is 18.2. The van der Waals surface area contributed by atoms with E-state index in [1.165, 1.54) is 0 Å². The summed E-state index contributed by atoms with van der Waals surface area (Å²) < 4.78 is 11.5. The number of hydrogen-bond acceptors (Lipinski definition) is 4. The number of ether oxygens (including phenoxy) is 2. The van der Waals surface area contributed by atoms with Gasteiger partial charge in [0.25, 0.3) is 0 Å². The first-order chi connectivity index (χ1) is 12.8. The van der Waals surface area contributed by atoms with Gasteiger partial charge < -0.3 is 14.9 Å². The highest BCUT2D eigenvalue weighted by atomic mass is 35.5. The molecule has 0 aliphatic heterocycles. The van der Waals surface area contributed by atoms with Gasteiger partial charge >= 0.3 is 0 Å². The second-order valence-corrected chi connectivity index (χ2v) is 6.15. The topological polar surface area (TPSA) is 42.5 Å². The lowest BCUT2D eigenvalue weighted by Crippen LogP contribution is -2.21. The molecular formula is C21H21ClN2O2. The van der Waals surface area contributed by atoms with Crippen molar-refractivity contribution in [2.45, 2.75) is 13.2 Å². The van der Waals surface area contributed by atoms with Gasteiger partial charge in [-0.25, -0.2) is 5.43 Å². The standard InChI is InChI=1S/C21H21ClN2O2/c1-25-20-12-6-8-17(14-23-24-19-10-3-2-4-11-19)21(20)26-15-16-7-5-9-18(22)13-16/h2-13,23-24H,14-15H2,1H3. The molecular weight excluding hydrogens is 348 g/mol. The molecule has 3 aromatic carbocycles. The van der Waals surface area contributed by atoms with E-state index in [0.717, 1.165) is 22.6 Å². The van der Waals surface area contributed by atoms with Crippen LogP contribution in [-0.4, -0.2) is 7.11 Å². The Kier molecular flexibility index (Phi) is 6.36. The first kappa shape index (κ1) is 18.1. The summed E-state index contributed by atoms with van der Waals surface area (Å²) in [5.41, 5.74) is 9.38. The average Bonchev–Trinajstić information content (AvgIpc) is 2.67. The molecule has 0 saturated carbocycles. The number of hydrazine groups is 1. The molecule has 0 spiro atoms. The molecule has 26 heavy (non-hydrogen) atoms. The summed E-state index contributed by atoms with van der Waals surface area (Å²) in [4.78, 5) is 0. The summed E-state index contributed by atoms with van der Waals surface area (Å²) in [5, 5.41) is 0.695. The number of anilines is 1. The van der Waals surface area contributed by atoms with E-state index < -0.39 is 0 Å². The number of methoxy groups -OCH3 is 1. The summed E-state index contributed by atoms with van der Waals surface area (Å²) >= 11 is 6.04. The van der Waals surface area contributed by atoms with Crippen molar-refractivity contribution in [1.29, 1.82) is 0 Å². The molecule has 4 nitrogen and oxygen atoms in total. The fourth-order valence-corrected chi connectivity index (χ4v) is 2.78. The SMILES string of the molecule is COc1cccc(CNNc2ccccc2)c1OCc1cccc(Cl)c1. The first-order valence-electron chi connectivity index (χ1n) is 8.33. The molecule has 3 aromatic rings. The van der Waals surface area contributed by atoms with Gasteiger partial charge in [-0.3, -0.25) is 0 Å². The van der Waals surface area contributed by atoms with Crippen LogP contribution in [0.15, 0.2) is 72.8 Å². The molecule has 0 bridgehead atoms. The Hall–Kier alpha value is -2.69. The fraction of sp³-hybridized carbons (Fsp3) is 0.143. The van der Waals surface area contributed by atoms with Crippen LogP contribution in [0.25, 0.3) is 0 Å². The second kappa shape index (κ2) is 9.13. The van der Waals surface area contributed by atoms with E-state index in [2.05, 4.69) is 10.9 Å². The minimum Gasteiger partial charge on any atom is -0.493 e. The van der Waals surface area contributed by atoms with E-state index in [9.17, 15) is 0 Å². The third-order valence-corrected chi connectivity index (χ3v) is 4.07. The molecule has 0 saturated heterocycles. The smallest absolute Gasteiger partial charge is 0.166 e. The number of halogens is 1. The predicted molar refractivity (Wildman–Crippen MR) is 106 cm³/mol. The van der Waals surface area contributed by atoms with Gasteiger partial charge in [-0.15, -0.1) is 0 Å². The summed E-state index contributed by atoms with van der Waals surface area (Å²) in [6.45, 7) is 0.997. The van der Waals surface area contributed by atoms with Crippen molar-refractivity contribution < 1.29 is 9.47 Å². The summed E-state index contributed by atoms with van der Waals surface area (Å²) in [6, 6.07) is 23.4. The van der Waals surface area contributed by atoms with Crippen molar-refractivity contribution in [3.8, 4) is 11.5 Å². The van der Waals surface area contributed by atoms with Crippen LogP contribution in [0.3, 0.4) is 0 Å². The van der Waals surface area contributed by atoms with Crippen LogP contribution in [0.5, 0.6) is 11.5 Å². The molecule has 0 heterocycles. The Morgan fingerprint density at radius 1 is 0.923 bits per heavy atom. The highest BCUT2D eigenvalue weighted by molar-refractivity contribution is 6.30. The molecule has 0 fully saturated rings. The van der Waals surface area contributed by atoms with Crippen LogP contribution in [0.2, 0.25) is 5.02 Å². The normalized spacial score (nSPS) is 10.4.